The second-order valence-corrected chi connectivity index (χ2v) is 5.20. The zero-order valence-corrected chi connectivity index (χ0v) is 12.4. The lowest BCUT2D eigenvalue weighted by atomic mass is 9.96. The topological polar surface area (TPSA) is 12.0 Å². The highest BCUT2D eigenvalue weighted by Gasteiger charge is 2.30. The zero-order chi connectivity index (χ0) is 15.6. The highest BCUT2D eigenvalue weighted by Crippen LogP contribution is 2.33. The van der Waals surface area contributed by atoms with E-state index in [4.69, 9.17) is 11.6 Å². The molecule has 1 N–H and O–H groups in total. The van der Waals surface area contributed by atoms with Crippen LogP contribution in [0.4, 0.5) is 13.2 Å². The van der Waals surface area contributed by atoms with Crippen molar-refractivity contribution in [3.05, 3.63) is 69.7 Å². The minimum atomic E-state index is -4.32. The molecule has 2 aromatic rings. The average molecular weight is 314 g/mol. The van der Waals surface area contributed by atoms with E-state index in [0.29, 0.717) is 5.02 Å². The fourth-order valence-corrected chi connectivity index (χ4v) is 2.49. The van der Waals surface area contributed by atoms with Crippen molar-refractivity contribution in [1.82, 2.24) is 5.32 Å². The molecule has 0 amide bonds. The number of hydrogen-bond donors (Lipinski definition) is 1. The second kappa shape index (κ2) is 6.08. The van der Waals surface area contributed by atoms with Gasteiger partial charge in [0.15, 0.2) is 0 Å². The van der Waals surface area contributed by atoms with Crippen LogP contribution in [0.1, 0.15) is 28.3 Å². The molecular formula is C16H15ClF3N. The van der Waals surface area contributed by atoms with Crippen LogP contribution in [0.25, 0.3) is 0 Å². The quantitative estimate of drug-likeness (QED) is 0.843. The molecule has 0 spiro atoms. The van der Waals surface area contributed by atoms with Crippen molar-refractivity contribution in [2.45, 2.75) is 19.1 Å². The number of alkyl halides is 3. The van der Waals surface area contributed by atoms with E-state index in [1.807, 2.05) is 25.1 Å². The maximum Gasteiger partial charge on any atom is 0.416 e. The van der Waals surface area contributed by atoms with Gasteiger partial charge in [-0.1, -0.05) is 41.9 Å². The van der Waals surface area contributed by atoms with Gasteiger partial charge in [-0.3, -0.25) is 0 Å². The average Bonchev–Trinajstić information content (AvgIpc) is 2.44. The fourth-order valence-electron chi connectivity index (χ4n) is 2.26. The molecule has 0 radical (unpaired) electrons. The van der Waals surface area contributed by atoms with Crippen LogP contribution >= 0.6 is 11.6 Å². The minimum Gasteiger partial charge on any atom is -0.309 e. The van der Waals surface area contributed by atoms with E-state index in [0.717, 1.165) is 28.8 Å². The van der Waals surface area contributed by atoms with Crippen LogP contribution in [-0.2, 0) is 6.18 Å². The third kappa shape index (κ3) is 3.39. The standard InChI is InChI=1S/C16H15ClF3N/c1-10-4-3-5-13(14(10)17)15(21-2)11-6-8-12(9-7-11)16(18,19)20/h3-9,15,21H,1-2H3. The van der Waals surface area contributed by atoms with Crippen LogP contribution in [0.15, 0.2) is 42.5 Å². The third-order valence-electron chi connectivity index (χ3n) is 3.39. The van der Waals surface area contributed by atoms with Gasteiger partial charge in [-0.05, 0) is 42.8 Å². The molecular weight excluding hydrogens is 299 g/mol. The summed E-state index contributed by atoms with van der Waals surface area (Å²) in [6.07, 6.45) is -4.32. The molecule has 0 heterocycles. The molecule has 21 heavy (non-hydrogen) atoms. The molecule has 0 saturated carbocycles. The Morgan fingerprint density at radius 1 is 1.05 bits per heavy atom. The molecule has 2 aromatic carbocycles. The predicted molar refractivity (Wildman–Crippen MR) is 78.5 cm³/mol. The molecule has 0 aliphatic rings. The Labute approximate surface area is 126 Å². The van der Waals surface area contributed by atoms with Crippen LogP contribution in [-0.4, -0.2) is 7.05 Å². The lowest BCUT2D eigenvalue weighted by Gasteiger charge is -2.20. The van der Waals surface area contributed by atoms with E-state index in [1.54, 1.807) is 7.05 Å². The molecule has 0 aliphatic carbocycles. The van der Waals surface area contributed by atoms with E-state index in [9.17, 15) is 13.2 Å². The predicted octanol–water partition coefficient (Wildman–Crippen LogP) is 4.98. The largest absolute Gasteiger partial charge is 0.416 e. The first-order valence-corrected chi connectivity index (χ1v) is 6.82. The molecule has 0 fully saturated rings. The highest BCUT2D eigenvalue weighted by molar-refractivity contribution is 6.32. The van der Waals surface area contributed by atoms with Gasteiger partial charge in [-0.2, -0.15) is 13.2 Å². The first-order chi connectivity index (χ1) is 9.84. The van der Waals surface area contributed by atoms with Crippen LogP contribution in [0, 0.1) is 6.92 Å². The molecule has 0 aromatic heterocycles. The first-order valence-electron chi connectivity index (χ1n) is 6.44. The molecule has 0 aliphatic heterocycles. The van der Waals surface area contributed by atoms with Gasteiger partial charge in [0.25, 0.3) is 0 Å². The Morgan fingerprint density at radius 2 is 1.67 bits per heavy atom. The van der Waals surface area contributed by atoms with Crippen LogP contribution < -0.4 is 5.32 Å². The van der Waals surface area contributed by atoms with Crippen molar-refractivity contribution in [2.24, 2.45) is 0 Å². The second-order valence-electron chi connectivity index (χ2n) is 4.82. The Morgan fingerprint density at radius 3 is 2.19 bits per heavy atom. The lowest BCUT2D eigenvalue weighted by molar-refractivity contribution is -0.137. The number of halogens is 4. The van der Waals surface area contributed by atoms with Crippen molar-refractivity contribution >= 4 is 11.6 Å². The molecule has 1 atom stereocenters. The fraction of sp³-hybridized carbons (Fsp3) is 0.250. The van der Waals surface area contributed by atoms with Gasteiger partial charge in [0, 0.05) is 5.02 Å². The van der Waals surface area contributed by atoms with E-state index in [1.165, 1.54) is 12.1 Å². The first kappa shape index (κ1) is 15.9. The maximum absolute atomic E-state index is 12.6. The summed E-state index contributed by atoms with van der Waals surface area (Å²) < 4.78 is 37.8. The zero-order valence-electron chi connectivity index (χ0n) is 11.6. The smallest absolute Gasteiger partial charge is 0.309 e. The van der Waals surface area contributed by atoms with E-state index < -0.39 is 11.7 Å². The van der Waals surface area contributed by atoms with Crippen molar-refractivity contribution in [3.63, 3.8) is 0 Å². The lowest BCUT2D eigenvalue weighted by Crippen LogP contribution is -2.18. The number of hydrogen-bond acceptors (Lipinski definition) is 1. The van der Waals surface area contributed by atoms with E-state index >= 15 is 0 Å². The van der Waals surface area contributed by atoms with Crippen molar-refractivity contribution < 1.29 is 13.2 Å². The molecule has 2 rings (SSSR count). The number of aryl methyl sites for hydroxylation is 1. The van der Waals surface area contributed by atoms with Gasteiger partial charge < -0.3 is 5.32 Å². The summed E-state index contributed by atoms with van der Waals surface area (Å²) in [5.41, 5.74) is 1.86. The van der Waals surface area contributed by atoms with Gasteiger partial charge in [0.05, 0.1) is 11.6 Å². The molecule has 0 bridgehead atoms. The summed E-state index contributed by atoms with van der Waals surface area (Å²) in [4.78, 5) is 0. The van der Waals surface area contributed by atoms with Crippen molar-refractivity contribution in [1.29, 1.82) is 0 Å². The van der Waals surface area contributed by atoms with Gasteiger partial charge in [0.1, 0.15) is 0 Å². The van der Waals surface area contributed by atoms with Gasteiger partial charge in [-0.25, -0.2) is 0 Å². The van der Waals surface area contributed by atoms with Crippen molar-refractivity contribution in [2.75, 3.05) is 7.05 Å². The van der Waals surface area contributed by atoms with Crippen LogP contribution in [0.3, 0.4) is 0 Å². The third-order valence-corrected chi connectivity index (χ3v) is 3.91. The van der Waals surface area contributed by atoms with Gasteiger partial charge in [0.2, 0.25) is 0 Å². The molecule has 0 saturated heterocycles. The molecule has 5 heteroatoms. The summed E-state index contributed by atoms with van der Waals surface area (Å²) in [6, 6.07) is 10.5. The van der Waals surface area contributed by atoms with Crippen molar-refractivity contribution in [3.8, 4) is 0 Å². The van der Waals surface area contributed by atoms with Gasteiger partial charge >= 0.3 is 6.18 Å². The number of rotatable bonds is 3. The Hall–Kier alpha value is -1.52. The molecule has 1 unspecified atom stereocenters. The summed E-state index contributed by atoms with van der Waals surface area (Å²) in [7, 11) is 1.75. The summed E-state index contributed by atoms with van der Waals surface area (Å²) in [5, 5.41) is 3.72. The number of nitrogens with one attached hydrogen (secondary N) is 1. The normalized spacial score (nSPS) is 13.2. The summed E-state index contributed by atoms with van der Waals surface area (Å²) in [5.74, 6) is 0. The monoisotopic (exact) mass is 313 g/mol. The molecule has 112 valence electrons. The summed E-state index contributed by atoms with van der Waals surface area (Å²) >= 11 is 6.30. The number of benzene rings is 2. The van der Waals surface area contributed by atoms with Gasteiger partial charge in [-0.15, -0.1) is 0 Å². The SMILES string of the molecule is CNC(c1ccc(C(F)(F)F)cc1)c1cccc(C)c1Cl. The van der Waals surface area contributed by atoms with E-state index in [-0.39, 0.29) is 6.04 Å². The van der Waals surface area contributed by atoms with E-state index in [2.05, 4.69) is 5.32 Å². The Bertz CT molecular complexity index is 620. The Kier molecular flexibility index (Phi) is 4.59. The minimum absolute atomic E-state index is 0.250. The highest BCUT2D eigenvalue weighted by atomic mass is 35.5. The molecule has 1 nitrogen and oxygen atoms in total. The summed E-state index contributed by atoms with van der Waals surface area (Å²) in [6.45, 7) is 1.89. The Balaban J connectivity index is 2.40. The maximum atomic E-state index is 12.6. The van der Waals surface area contributed by atoms with Crippen LogP contribution in [0.2, 0.25) is 5.02 Å². The van der Waals surface area contributed by atoms with Crippen LogP contribution in [0.5, 0.6) is 0 Å².